The van der Waals surface area contributed by atoms with E-state index in [1.807, 2.05) is 54.6 Å². The maximum Gasteiger partial charge on any atom is 0.303 e. The van der Waals surface area contributed by atoms with Crippen LogP contribution in [0.4, 0.5) is 0 Å². The number of aliphatic carboxylic acids is 1. The first-order chi connectivity index (χ1) is 8.79. The van der Waals surface area contributed by atoms with Gasteiger partial charge in [0.15, 0.2) is 0 Å². The van der Waals surface area contributed by atoms with Crippen LogP contribution in [-0.2, 0) is 43.9 Å². The molecule has 0 saturated heterocycles. The van der Waals surface area contributed by atoms with Gasteiger partial charge in [-0.25, -0.2) is 0 Å². The van der Waals surface area contributed by atoms with Crippen molar-refractivity contribution < 1.29 is 42.6 Å². The van der Waals surface area contributed by atoms with E-state index < -0.39 is 5.97 Å². The standard InChI is InChI=1S/C10H11O2.C6H5.2CH4.B.Y/c11-10(12)8-4-7-9-5-2-1-3-6-9;1-2-4-6-5-3-1;;;;/h2-3,5-6H,4,7-8H2,(H,11,12);1-5H;2*1H4;;/q2*-1;;;;. The molecule has 0 aliphatic rings. The molecule has 0 atom stereocenters. The van der Waals surface area contributed by atoms with Gasteiger partial charge < -0.3 is 5.11 Å². The van der Waals surface area contributed by atoms with E-state index in [1.54, 1.807) is 0 Å². The first-order valence-corrected chi connectivity index (χ1v) is 5.87. The van der Waals surface area contributed by atoms with Crippen LogP contribution in [0.1, 0.15) is 33.3 Å². The van der Waals surface area contributed by atoms with Crippen LogP contribution in [-0.4, -0.2) is 19.5 Å². The third-order valence-corrected chi connectivity index (χ3v) is 2.25. The summed E-state index contributed by atoms with van der Waals surface area (Å²) in [6, 6.07) is 23.0. The summed E-state index contributed by atoms with van der Waals surface area (Å²) in [7, 11) is 0. The minimum absolute atomic E-state index is 0. The molecule has 0 aliphatic heterocycles. The van der Waals surface area contributed by atoms with Gasteiger partial charge in [-0.15, -0.1) is 0 Å². The monoisotopic (exact) mass is 372 g/mol. The van der Waals surface area contributed by atoms with Crippen LogP contribution >= 0.6 is 0 Å². The largest absolute Gasteiger partial charge is 0.481 e. The number of carboxylic acid groups (broad SMARTS) is 1. The summed E-state index contributed by atoms with van der Waals surface area (Å²) in [5.74, 6) is -0.725. The molecule has 0 unspecified atom stereocenters. The van der Waals surface area contributed by atoms with Gasteiger partial charge in [-0.2, -0.15) is 72.3 Å². The van der Waals surface area contributed by atoms with Crippen LogP contribution in [0.5, 0.6) is 0 Å². The maximum atomic E-state index is 10.2. The molecule has 116 valence electrons. The average molecular weight is 372 g/mol. The van der Waals surface area contributed by atoms with Crippen LogP contribution < -0.4 is 0 Å². The van der Waals surface area contributed by atoms with E-state index in [-0.39, 0.29) is 62.4 Å². The molecule has 2 aromatic carbocycles. The molecule has 0 aliphatic carbocycles. The summed E-state index contributed by atoms with van der Waals surface area (Å²) >= 11 is 0. The van der Waals surface area contributed by atoms with Crippen LogP contribution in [0.15, 0.2) is 54.6 Å². The van der Waals surface area contributed by atoms with Gasteiger partial charge in [0.25, 0.3) is 0 Å². The molecule has 4 radical (unpaired) electrons. The Morgan fingerprint density at radius 3 is 1.82 bits per heavy atom. The van der Waals surface area contributed by atoms with Crippen molar-refractivity contribution in [2.45, 2.75) is 34.1 Å². The molecule has 0 fully saturated rings. The zero-order valence-electron chi connectivity index (χ0n) is 11.3. The number of carboxylic acids is 1. The van der Waals surface area contributed by atoms with E-state index in [9.17, 15) is 4.79 Å². The molecule has 2 aromatic rings. The minimum atomic E-state index is -0.725. The zero-order valence-corrected chi connectivity index (χ0v) is 14.2. The molecule has 2 nitrogen and oxygen atoms in total. The number of benzene rings is 2. The Hall–Kier alpha value is -0.921. The Morgan fingerprint density at radius 1 is 0.955 bits per heavy atom. The van der Waals surface area contributed by atoms with Crippen LogP contribution in [0.25, 0.3) is 0 Å². The summed E-state index contributed by atoms with van der Waals surface area (Å²) in [6.45, 7) is 0. The van der Waals surface area contributed by atoms with Crippen molar-refractivity contribution in [3.05, 3.63) is 72.3 Å². The molecule has 0 amide bonds. The summed E-state index contributed by atoms with van der Waals surface area (Å²) in [4.78, 5) is 10.2. The molecule has 0 saturated carbocycles. The first-order valence-electron chi connectivity index (χ1n) is 5.87. The summed E-state index contributed by atoms with van der Waals surface area (Å²) in [6.07, 6.45) is 1.79. The Bertz CT molecular complexity index is 409. The van der Waals surface area contributed by atoms with Crippen LogP contribution in [0.3, 0.4) is 0 Å². The number of aryl methyl sites for hydroxylation is 1. The van der Waals surface area contributed by atoms with Crippen molar-refractivity contribution in [2.75, 3.05) is 0 Å². The van der Waals surface area contributed by atoms with E-state index in [0.717, 1.165) is 6.42 Å². The van der Waals surface area contributed by atoms with E-state index in [4.69, 9.17) is 5.11 Å². The third kappa shape index (κ3) is 17.1. The number of hydrogen-bond donors (Lipinski definition) is 1. The van der Waals surface area contributed by atoms with Crippen LogP contribution in [0, 0.1) is 12.1 Å². The van der Waals surface area contributed by atoms with Gasteiger partial charge >= 0.3 is 5.97 Å². The Balaban J connectivity index is -0.000000142. The fraction of sp³-hybridized carbons (Fsp3) is 0.278. The van der Waals surface area contributed by atoms with E-state index in [1.165, 1.54) is 5.56 Å². The summed E-state index contributed by atoms with van der Waals surface area (Å²) < 4.78 is 0. The first kappa shape index (κ1) is 29.1. The zero-order chi connectivity index (χ0) is 13.1. The molecule has 2 rings (SSSR count). The second kappa shape index (κ2) is 20.1. The second-order valence-corrected chi connectivity index (χ2v) is 3.73. The molecule has 22 heavy (non-hydrogen) atoms. The van der Waals surface area contributed by atoms with Crippen molar-refractivity contribution >= 4 is 14.4 Å². The smallest absolute Gasteiger partial charge is 0.303 e. The minimum Gasteiger partial charge on any atom is -0.481 e. The quantitative estimate of drug-likeness (QED) is 0.643. The van der Waals surface area contributed by atoms with Gasteiger partial charge in [-0.05, 0) is 12.8 Å². The van der Waals surface area contributed by atoms with Gasteiger partial charge in [0.1, 0.15) is 0 Å². The van der Waals surface area contributed by atoms with Crippen molar-refractivity contribution in [3.8, 4) is 0 Å². The second-order valence-electron chi connectivity index (χ2n) is 3.73. The van der Waals surface area contributed by atoms with Gasteiger partial charge in [-0.1, -0.05) is 14.9 Å². The Kier molecular flexibility index (Phi) is 26.6. The predicted molar refractivity (Wildman–Crippen MR) is 90.3 cm³/mol. The number of carbonyl (C=O) groups is 1. The van der Waals surface area contributed by atoms with Gasteiger partial charge in [0.05, 0.1) is 0 Å². The van der Waals surface area contributed by atoms with Gasteiger partial charge in [0.2, 0.25) is 0 Å². The van der Waals surface area contributed by atoms with Crippen molar-refractivity contribution in [1.82, 2.24) is 0 Å². The molecular formula is C18H24BO2Y-2. The van der Waals surface area contributed by atoms with Crippen molar-refractivity contribution in [3.63, 3.8) is 0 Å². The third-order valence-electron chi connectivity index (χ3n) is 2.25. The fourth-order valence-electron chi connectivity index (χ4n) is 1.37. The van der Waals surface area contributed by atoms with Gasteiger partial charge in [-0.3, -0.25) is 4.79 Å². The normalized spacial score (nSPS) is 7.45. The van der Waals surface area contributed by atoms with E-state index in [0.29, 0.717) is 6.42 Å². The topological polar surface area (TPSA) is 37.3 Å². The average Bonchev–Trinajstić information content (AvgIpc) is 2.42. The molecule has 0 heterocycles. The maximum absolute atomic E-state index is 10.2. The van der Waals surface area contributed by atoms with Crippen molar-refractivity contribution in [1.29, 1.82) is 0 Å². The molecule has 4 heteroatoms. The predicted octanol–water partition coefficient (Wildman–Crippen LogP) is 4.27. The SMILES string of the molecule is C.C.O=C(O)CCCc1cc[c-]cc1.[B].[Y].[c-]1ccccc1. The van der Waals surface area contributed by atoms with Gasteiger partial charge in [0, 0.05) is 47.5 Å². The summed E-state index contributed by atoms with van der Waals surface area (Å²) in [5, 5.41) is 8.39. The Labute approximate surface area is 162 Å². The van der Waals surface area contributed by atoms with E-state index in [2.05, 4.69) is 12.1 Å². The summed E-state index contributed by atoms with van der Waals surface area (Å²) in [5.41, 5.74) is 1.18. The Morgan fingerprint density at radius 2 is 1.45 bits per heavy atom. The molecule has 0 aromatic heterocycles. The van der Waals surface area contributed by atoms with Crippen molar-refractivity contribution in [2.24, 2.45) is 0 Å². The molecule has 0 bridgehead atoms. The molecule has 0 spiro atoms. The number of rotatable bonds is 4. The van der Waals surface area contributed by atoms with E-state index >= 15 is 0 Å². The molecular weight excluding hydrogens is 348 g/mol. The fourth-order valence-corrected chi connectivity index (χ4v) is 1.37. The van der Waals surface area contributed by atoms with Crippen LogP contribution in [0.2, 0.25) is 0 Å². The molecule has 1 N–H and O–H groups in total. The number of hydrogen-bond acceptors (Lipinski definition) is 1.